The third-order valence-electron chi connectivity index (χ3n) is 6.35. The van der Waals surface area contributed by atoms with Crippen molar-refractivity contribution in [3.05, 3.63) is 57.8 Å². The van der Waals surface area contributed by atoms with E-state index in [-0.39, 0.29) is 42.3 Å². The number of nitrogens with zero attached hydrogens (tertiary/aromatic N) is 2. The van der Waals surface area contributed by atoms with Gasteiger partial charge in [0.2, 0.25) is 0 Å². The fourth-order valence-corrected chi connectivity index (χ4v) is 4.90. The number of aliphatic hydroxyl groups is 1. The number of halogens is 5. The molecule has 3 N–H and O–H groups in total. The molecule has 1 aliphatic heterocycles. The predicted molar refractivity (Wildman–Crippen MR) is 122 cm³/mol. The zero-order valence-electron chi connectivity index (χ0n) is 19.9. The van der Waals surface area contributed by atoms with Gasteiger partial charge in [0, 0.05) is 36.0 Å². The number of hydrogen-bond acceptors (Lipinski definition) is 5. The molecule has 3 atom stereocenters. The van der Waals surface area contributed by atoms with E-state index in [1.165, 1.54) is 18.3 Å². The molecule has 1 fully saturated rings. The van der Waals surface area contributed by atoms with E-state index in [1.807, 2.05) is 6.92 Å². The van der Waals surface area contributed by atoms with Gasteiger partial charge in [-0.25, -0.2) is 13.6 Å². The van der Waals surface area contributed by atoms with Crippen LogP contribution in [0.2, 0.25) is 0 Å². The van der Waals surface area contributed by atoms with Crippen molar-refractivity contribution in [3.8, 4) is 5.75 Å². The summed E-state index contributed by atoms with van der Waals surface area (Å²) in [6.45, 7) is 4.98. The SMILES string of the molecule is CC(C)n1c(=O)[nH]c2cc(OC[C@@H]3C[C@](O)(c4ccc(C(F)F)nc4)C[C@H](C)N3)cc(C(F)(F)F)c21. The van der Waals surface area contributed by atoms with Crippen LogP contribution in [0.1, 0.15) is 62.9 Å². The number of aromatic amines is 1. The average Bonchev–Trinajstić information content (AvgIpc) is 3.11. The van der Waals surface area contributed by atoms with Crippen LogP contribution in [-0.4, -0.2) is 38.3 Å². The molecule has 3 aromatic rings. The first-order valence-corrected chi connectivity index (χ1v) is 11.5. The highest BCUT2D eigenvalue weighted by Crippen LogP contribution is 2.39. The normalized spacial score (nSPS) is 23.1. The Morgan fingerprint density at radius 2 is 1.97 bits per heavy atom. The van der Waals surface area contributed by atoms with E-state index in [9.17, 15) is 31.9 Å². The predicted octanol–water partition coefficient (Wildman–Crippen LogP) is 4.67. The van der Waals surface area contributed by atoms with Gasteiger partial charge < -0.3 is 20.1 Å². The first-order valence-electron chi connectivity index (χ1n) is 11.5. The molecular formula is C24H27F5N4O3. The minimum Gasteiger partial charge on any atom is -0.492 e. The summed E-state index contributed by atoms with van der Waals surface area (Å²) in [6.07, 6.45) is -5.82. The fraction of sp³-hybridized carbons (Fsp3) is 0.500. The third kappa shape index (κ3) is 5.10. The van der Waals surface area contributed by atoms with Gasteiger partial charge in [0.05, 0.1) is 22.2 Å². The Hall–Kier alpha value is -2.99. The summed E-state index contributed by atoms with van der Waals surface area (Å²) in [7, 11) is 0. The van der Waals surface area contributed by atoms with Crippen LogP contribution in [0.15, 0.2) is 35.3 Å². The number of benzene rings is 1. The number of H-pyrrole nitrogens is 1. The molecule has 7 nitrogen and oxygen atoms in total. The Balaban J connectivity index is 1.58. The highest BCUT2D eigenvalue weighted by atomic mass is 19.4. The molecular weight excluding hydrogens is 487 g/mol. The largest absolute Gasteiger partial charge is 0.492 e. The van der Waals surface area contributed by atoms with Gasteiger partial charge >= 0.3 is 11.9 Å². The van der Waals surface area contributed by atoms with E-state index in [0.29, 0.717) is 5.56 Å². The molecule has 2 aromatic heterocycles. The Morgan fingerprint density at radius 3 is 2.56 bits per heavy atom. The van der Waals surface area contributed by atoms with Crippen molar-refractivity contribution in [1.82, 2.24) is 19.9 Å². The lowest BCUT2D eigenvalue weighted by Gasteiger charge is -2.41. The van der Waals surface area contributed by atoms with E-state index in [1.54, 1.807) is 13.8 Å². The maximum Gasteiger partial charge on any atom is 0.418 e. The van der Waals surface area contributed by atoms with Crippen molar-refractivity contribution < 1.29 is 31.8 Å². The van der Waals surface area contributed by atoms with Crippen LogP contribution in [0.5, 0.6) is 5.75 Å². The molecule has 0 saturated carbocycles. The van der Waals surface area contributed by atoms with Gasteiger partial charge in [-0.1, -0.05) is 6.07 Å². The molecule has 36 heavy (non-hydrogen) atoms. The van der Waals surface area contributed by atoms with Crippen LogP contribution in [0.3, 0.4) is 0 Å². The molecule has 0 unspecified atom stereocenters. The number of nitrogens with one attached hydrogen (secondary N) is 2. The number of ether oxygens (including phenoxy) is 1. The highest BCUT2D eigenvalue weighted by Gasteiger charge is 2.40. The second-order valence-corrected chi connectivity index (χ2v) is 9.55. The van der Waals surface area contributed by atoms with Crippen molar-refractivity contribution in [1.29, 1.82) is 0 Å². The van der Waals surface area contributed by atoms with Crippen molar-refractivity contribution in [3.63, 3.8) is 0 Å². The van der Waals surface area contributed by atoms with E-state index in [0.717, 1.165) is 16.7 Å². The van der Waals surface area contributed by atoms with Crippen LogP contribution >= 0.6 is 0 Å². The lowest BCUT2D eigenvalue weighted by atomic mass is 9.79. The second kappa shape index (κ2) is 9.47. The van der Waals surface area contributed by atoms with E-state index >= 15 is 0 Å². The standard InChI is InChI=1S/C24H27F5N4O3/c1-12(2)33-20-17(24(27,28)29)6-16(7-19(20)32-22(33)34)36-11-15-9-23(35,8-13(3)31-15)14-4-5-18(21(25)26)30-10-14/h4-7,10,12-13,15,21,31,35H,8-9,11H2,1-3H3,(H,32,34)/t13-,15-,23-/m0/s1. The van der Waals surface area contributed by atoms with Crippen LogP contribution in [0, 0.1) is 0 Å². The molecule has 0 aliphatic carbocycles. The Morgan fingerprint density at radius 1 is 1.25 bits per heavy atom. The van der Waals surface area contributed by atoms with Crippen LogP contribution < -0.4 is 15.7 Å². The number of fused-ring (bicyclic) bond motifs is 1. The number of imidazole rings is 1. The van der Waals surface area contributed by atoms with Gasteiger partial charge in [-0.15, -0.1) is 0 Å². The van der Waals surface area contributed by atoms with E-state index in [4.69, 9.17) is 4.74 Å². The molecule has 4 rings (SSSR count). The lowest BCUT2D eigenvalue weighted by molar-refractivity contribution is -0.136. The maximum atomic E-state index is 13.9. The number of alkyl halides is 5. The summed E-state index contributed by atoms with van der Waals surface area (Å²) in [5, 5.41) is 14.5. The first-order chi connectivity index (χ1) is 16.8. The van der Waals surface area contributed by atoms with Gasteiger partial charge in [0.15, 0.2) is 0 Å². The number of rotatable bonds is 6. The smallest absolute Gasteiger partial charge is 0.418 e. The summed E-state index contributed by atoms with van der Waals surface area (Å²) >= 11 is 0. The second-order valence-electron chi connectivity index (χ2n) is 9.55. The van der Waals surface area contributed by atoms with Crippen molar-refractivity contribution in [2.75, 3.05) is 6.61 Å². The number of hydrogen-bond donors (Lipinski definition) is 3. The summed E-state index contributed by atoms with van der Waals surface area (Å²) < 4.78 is 74.1. The molecule has 1 aliphatic rings. The van der Waals surface area contributed by atoms with Gasteiger partial charge in [0.25, 0.3) is 6.43 Å². The average molecular weight is 514 g/mol. The van der Waals surface area contributed by atoms with E-state index < -0.39 is 47.2 Å². The molecule has 0 radical (unpaired) electrons. The summed E-state index contributed by atoms with van der Waals surface area (Å²) in [5.41, 5.74) is -3.29. The zero-order valence-corrected chi connectivity index (χ0v) is 19.9. The van der Waals surface area contributed by atoms with E-state index in [2.05, 4.69) is 15.3 Å². The van der Waals surface area contributed by atoms with Crippen molar-refractivity contribution in [2.24, 2.45) is 0 Å². The summed E-state index contributed by atoms with van der Waals surface area (Å²) in [4.78, 5) is 18.5. The quantitative estimate of drug-likeness (QED) is 0.416. The van der Waals surface area contributed by atoms with Crippen molar-refractivity contribution >= 4 is 11.0 Å². The number of aromatic nitrogens is 3. The minimum atomic E-state index is -4.72. The molecule has 12 heteroatoms. The molecule has 0 amide bonds. The minimum absolute atomic E-state index is 0.00481. The highest BCUT2D eigenvalue weighted by molar-refractivity contribution is 5.81. The maximum absolute atomic E-state index is 13.9. The van der Waals surface area contributed by atoms with Crippen LogP contribution in [-0.2, 0) is 11.8 Å². The number of piperidine rings is 1. The Labute approximate surface area is 203 Å². The van der Waals surface area contributed by atoms with Crippen LogP contribution in [0.25, 0.3) is 11.0 Å². The van der Waals surface area contributed by atoms with Gasteiger partial charge in [0.1, 0.15) is 18.1 Å². The Kier molecular flexibility index (Phi) is 6.86. The van der Waals surface area contributed by atoms with Gasteiger partial charge in [-0.05, 0) is 45.7 Å². The Bertz CT molecular complexity index is 1290. The first kappa shape index (κ1) is 26.1. The third-order valence-corrected chi connectivity index (χ3v) is 6.35. The fourth-order valence-electron chi connectivity index (χ4n) is 4.90. The molecule has 0 bridgehead atoms. The molecule has 1 saturated heterocycles. The van der Waals surface area contributed by atoms with Gasteiger partial charge in [-0.3, -0.25) is 9.55 Å². The molecule has 196 valence electrons. The molecule has 0 spiro atoms. The summed E-state index contributed by atoms with van der Waals surface area (Å²) in [5.74, 6) is -0.0847. The van der Waals surface area contributed by atoms with Gasteiger partial charge in [-0.2, -0.15) is 13.2 Å². The zero-order chi connectivity index (χ0) is 26.4. The molecule has 1 aromatic carbocycles. The molecule has 3 heterocycles. The number of pyridine rings is 1. The van der Waals surface area contributed by atoms with Crippen LogP contribution in [0.4, 0.5) is 22.0 Å². The lowest BCUT2D eigenvalue weighted by Crippen LogP contribution is -2.53. The summed E-state index contributed by atoms with van der Waals surface area (Å²) in [6, 6.07) is 3.62. The monoisotopic (exact) mass is 514 g/mol. The topological polar surface area (TPSA) is 92.2 Å². The van der Waals surface area contributed by atoms with Crippen molar-refractivity contribution in [2.45, 2.75) is 69.9 Å².